The number of nitrogens with two attached hydrogens (primary N) is 1. The van der Waals surface area contributed by atoms with Gasteiger partial charge in [0.15, 0.2) is 6.29 Å². The van der Waals surface area contributed by atoms with Gasteiger partial charge in [-0.05, 0) is 6.92 Å². The molecule has 6 N–H and O–H groups in total. The van der Waals surface area contributed by atoms with Crippen LogP contribution in [0.15, 0.2) is 0 Å². The quantitative estimate of drug-likeness (QED) is 0.358. The van der Waals surface area contributed by atoms with Crippen LogP contribution >= 0.6 is 0 Å². The minimum atomic E-state index is -1.50. The zero-order chi connectivity index (χ0) is 15.4. The summed E-state index contributed by atoms with van der Waals surface area (Å²) in [5.74, 6) is -1.24. The molecule has 1 rings (SSSR count). The number of carbonyl (C=O) groups excluding carboxylic acids is 2. The minimum absolute atomic E-state index is 0.479. The van der Waals surface area contributed by atoms with Crippen molar-refractivity contribution >= 4 is 11.8 Å². The molecule has 1 fully saturated rings. The number of amides is 2. The molecule has 1 aliphatic heterocycles. The van der Waals surface area contributed by atoms with E-state index >= 15 is 0 Å². The average molecular weight is 292 g/mol. The molecule has 1 aliphatic rings. The van der Waals surface area contributed by atoms with Gasteiger partial charge in [0.25, 0.3) is 0 Å². The van der Waals surface area contributed by atoms with Crippen molar-refractivity contribution in [1.82, 2.24) is 5.32 Å². The highest BCUT2D eigenvalue weighted by Crippen LogP contribution is 2.23. The molecule has 1 saturated heterocycles. The molecule has 20 heavy (non-hydrogen) atoms. The Bertz CT molecular complexity index is 365. The number of carbonyl (C=O) groups is 2. The second-order valence-corrected chi connectivity index (χ2v) is 4.61. The van der Waals surface area contributed by atoms with Gasteiger partial charge in [0.1, 0.15) is 30.5 Å². The molecule has 1 unspecified atom stereocenters. The molecule has 0 spiro atoms. The molecule has 0 aromatic rings. The second kappa shape index (κ2) is 6.95. The van der Waals surface area contributed by atoms with E-state index in [-0.39, 0.29) is 0 Å². The lowest BCUT2D eigenvalue weighted by Gasteiger charge is -2.43. The molecule has 9 heteroatoms. The Morgan fingerprint density at radius 1 is 1.45 bits per heavy atom. The predicted molar refractivity (Wildman–Crippen MR) is 65.1 cm³/mol. The van der Waals surface area contributed by atoms with Gasteiger partial charge in [-0.1, -0.05) is 0 Å². The van der Waals surface area contributed by atoms with Crippen LogP contribution in [-0.4, -0.2) is 70.5 Å². The van der Waals surface area contributed by atoms with E-state index < -0.39 is 55.2 Å². The summed E-state index contributed by atoms with van der Waals surface area (Å²) in [4.78, 5) is 22.2. The van der Waals surface area contributed by atoms with Crippen molar-refractivity contribution in [2.75, 3.05) is 6.61 Å². The summed E-state index contributed by atoms with van der Waals surface area (Å²) in [6.45, 7) is 2.03. The summed E-state index contributed by atoms with van der Waals surface area (Å²) >= 11 is 0. The lowest BCUT2D eigenvalue weighted by molar-refractivity contribution is -0.266. The number of primary amides is 1. The Hall–Kier alpha value is -1.26. The molecule has 9 nitrogen and oxygen atoms in total. The largest absolute Gasteiger partial charge is 0.394 e. The number of aliphatic hydroxyl groups is 3. The fraction of sp³-hybridized carbons (Fsp3) is 0.818. The van der Waals surface area contributed by atoms with Gasteiger partial charge in [0.2, 0.25) is 11.8 Å². The Balaban J connectivity index is 2.92. The number of ether oxygens (including phenoxy) is 2. The van der Waals surface area contributed by atoms with Crippen LogP contribution in [0.25, 0.3) is 0 Å². The maximum absolute atomic E-state index is 11.1. The van der Waals surface area contributed by atoms with Crippen LogP contribution in [0.3, 0.4) is 0 Å². The molecule has 1 heterocycles. The molecule has 0 aliphatic carbocycles. The highest BCUT2D eigenvalue weighted by Gasteiger charge is 2.46. The summed E-state index contributed by atoms with van der Waals surface area (Å²) in [5.41, 5.74) is 5.07. The Kier molecular flexibility index (Phi) is 5.84. The average Bonchev–Trinajstić information content (AvgIpc) is 2.36. The van der Waals surface area contributed by atoms with Crippen LogP contribution in [-0.2, 0) is 19.1 Å². The van der Waals surface area contributed by atoms with Crippen molar-refractivity contribution in [1.29, 1.82) is 0 Å². The lowest BCUT2D eigenvalue weighted by Crippen LogP contribution is -2.65. The molecule has 2 amide bonds. The van der Waals surface area contributed by atoms with Crippen LogP contribution in [0.2, 0.25) is 0 Å². The third-order valence-electron chi connectivity index (χ3n) is 3.00. The predicted octanol–water partition coefficient (Wildman–Crippen LogP) is -3.18. The molecular weight excluding hydrogens is 272 g/mol. The third kappa shape index (κ3) is 3.87. The first-order chi connectivity index (χ1) is 9.27. The van der Waals surface area contributed by atoms with Crippen molar-refractivity contribution in [3.63, 3.8) is 0 Å². The van der Waals surface area contributed by atoms with Gasteiger partial charge in [-0.3, -0.25) is 9.59 Å². The van der Waals surface area contributed by atoms with E-state index in [9.17, 15) is 19.8 Å². The number of hydrogen-bond acceptors (Lipinski definition) is 7. The minimum Gasteiger partial charge on any atom is -0.394 e. The van der Waals surface area contributed by atoms with Gasteiger partial charge >= 0.3 is 0 Å². The van der Waals surface area contributed by atoms with Gasteiger partial charge in [-0.2, -0.15) is 0 Å². The molecule has 0 aromatic heterocycles. The van der Waals surface area contributed by atoms with Gasteiger partial charge in [0.05, 0.1) is 6.61 Å². The maximum Gasteiger partial charge on any atom is 0.246 e. The summed E-state index contributed by atoms with van der Waals surface area (Å²) in [5, 5.41) is 31.3. The van der Waals surface area contributed by atoms with Crippen LogP contribution < -0.4 is 11.1 Å². The van der Waals surface area contributed by atoms with Crippen LogP contribution in [0.4, 0.5) is 0 Å². The highest BCUT2D eigenvalue weighted by molar-refractivity contribution is 5.78. The molecule has 0 radical (unpaired) electrons. The number of rotatable bonds is 5. The van der Waals surface area contributed by atoms with E-state index in [1.807, 2.05) is 0 Å². The SMILES string of the molecule is CC(=O)N[C@@H]1[C@@H](OC(C)C(N)=O)[C@H](O)[C@@H](CO)O[C@@H]1O. The van der Waals surface area contributed by atoms with E-state index in [0.717, 1.165) is 0 Å². The molecular formula is C11H20N2O7. The summed E-state index contributed by atoms with van der Waals surface area (Å²) in [7, 11) is 0. The second-order valence-electron chi connectivity index (χ2n) is 4.61. The number of nitrogens with one attached hydrogen (secondary N) is 1. The third-order valence-corrected chi connectivity index (χ3v) is 3.00. The van der Waals surface area contributed by atoms with Crippen LogP contribution in [0.5, 0.6) is 0 Å². The first kappa shape index (κ1) is 16.8. The maximum atomic E-state index is 11.1. The number of aliphatic hydroxyl groups excluding tert-OH is 3. The molecule has 0 saturated carbocycles. The van der Waals surface area contributed by atoms with Gasteiger partial charge < -0.3 is 35.8 Å². The van der Waals surface area contributed by atoms with Gasteiger partial charge in [0, 0.05) is 6.92 Å². The van der Waals surface area contributed by atoms with Crippen molar-refractivity contribution in [2.45, 2.75) is 50.6 Å². The van der Waals surface area contributed by atoms with Gasteiger partial charge in [-0.15, -0.1) is 0 Å². The summed E-state index contributed by atoms with van der Waals surface area (Å²) in [6.07, 6.45) is -6.13. The fourth-order valence-corrected chi connectivity index (χ4v) is 1.94. The first-order valence-corrected chi connectivity index (χ1v) is 6.12. The van der Waals surface area contributed by atoms with E-state index in [1.54, 1.807) is 0 Å². The monoisotopic (exact) mass is 292 g/mol. The summed E-state index contributed by atoms with van der Waals surface area (Å²) < 4.78 is 10.3. The topological polar surface area (TPSA) is 151 Å². The number of hydrogen-bond donors (Lipinski definition) is 5. The van der Waals surface area contributed by atoms with Crippen molar-refractivity contribution in [2.24, 2.45) is 5.73 Å². The Morgan fingerprint density at radius 2 is 2.05 bits per heavy atom. The molecule has 6 atom stereocenters. The van der Waals surface area contributed by atoms with E-state index in [1.165, 1.54) is 13.8 Å². The Morgan fingerprint density at radius 3 is 2.50 bits per heavy atom. The Labute approximate surface area is 115 Å². The smallest absolute Gasteiger partial charge is 0.246 e. The zero-order valence-corrected chi connectivity index (χ0v) is 11.2. The van der Waals surface area contributed by atoms with Crippen LogP contribution in [0, 0.1) is 0 Å². The first-order valence-electron chi connectivity index (χ1n) is 6.12. The zero-order valence-electron chi connectivity index (χ0n) is 11.2. The van der Waals surface area contributed by atoms with Crippen molar-refractivity contribution in [3.8, 4) is 0 Å². The molecule has 0 bridgehead atoms. The van der Waals surface area contributed by atoms with Crippen LogP contribution in [0.1, 0.15) is 13.8 Å². The van der Waals surface area contributed by atoms with Gasteiger partial charge in [-0.25, -0.2) is 0 Å². The molecule has 0 aromatic carbocycles. The van der Waals surface area contributed by atoms with Crippen molar-refractivity contribution in [3.05, 3.63) is 0 Å². The van der Waals surface area contributed by atoms with E-state index in [2.05, 4.69) is 5.32 Å². The van der Waals surface area contributed by atoms with E-state index in [0.29, 0.717) is 0 Å². The molecule has 116 valence electrons. The van der Waals surface area contributed by atoms with E-state index in [4.69, 9.17) is 20.3 Å². The lowest BCUT2D eigenvalue weighted by atomic mass is 9.96. The summed E-state index contributed by atoms with van der Waals surface area (Å²) in [6, 6.07) is -1.09. The highest BCUT2D eigenvalue weighted by atomic mass is 16.6. The fourth-order valence-electron chi connectivity index (χ4n) is 1.94. The van der Waals surface area contributed by atoms with Crippen molar-refractivity contribution < 1.29 is 34.4 Å². The standard InChI is InChI=1S/C11H20N2O7/c1-4(10(12)17)19-9-7(13-5(2)15)11(18)20-6(3-14)8(9)16/h4,6-9,11,14,16,18H,3H2,1-2H3,(H2,12,17)(H,13,15)/t4?,6-,7-,8-,9-,11+/m1/s1. The normalized spacial score (nSPS) is 35.4.